The molecule has 0 bridgehead atoms. The average molecular weight is 413 g/mol. The minimum absolute atomic E-state index is 0.577. The van der Waals surface area contributed by atoms with Gasteiger partial charge in [-0.25, -0.2) is 0 Å². The first kappa shape index (κ1) is 19.3. The van der Waals surface area contributed by atoms with Crippen molar-refractivity contribution in [2.24, 2.45) is 11.8 Å². The van der Waals surface area contributed by atoms with Crippen LogP contribution in [0.1, 0.15) is 45.9 Å². The van der Waals surface area contributed by atoms with Gasteiger partial charge in [-0.3, -0.25) is 0 Å². The van der Waals surface area contributed by atoms with Crippen molar-refractivity contribution in [1.82, 2.24) is 0 Å². The standard InChI is InChI=1S/C32H28/c1-5-13-23(14-6-1)29-27(30(29)24-15-7-2-8-16-24)21-22-28-31(25-17-9-3-10-18-25)32(28)26-19-11-4-12-20-26/h1-22,27-32H/b22-21+/t27?,28?,29-,30+,31-,32+. The fraction of sp³-hybridized carbons (Fsp3) is 0.188. The topological polar surface area (TPSA) is 0 Å². The molecular formula is C32H28. The largest absolute Gasteiger partial charge is 0.0838 e. The van der Waals surface area contributed by atoms with Gasteiger partial charge in [-0.15, -0.1) is 0 Å². The molecule has 0 radical (unpaired) electrons. The minimum atomic E-state index is 0.577. The zero-order valence-corrected chi connectivity index (χ0v) is 18.2. The van der Waals surface area contributed by atoms with Crippen LogP contribution in [0.5, 0.6) is 0 Å². The summed E-state index contributed by atoms with van der Waals surface area (Å²) in [5.41, 5.74) is 5.86. The molecule has 2 fully saturated rings. The highest BCUT2D eigenvalue weighted by molar-refractivity contribution is 5.45. The molecule has 32 heavy (non-hydrogen) atoms. The summed E-state index contributed by atoms with van der Waals surface area (Å²) in [5.74, 6) is 3.48. The van der Waals surface area contributed by atoms with Gasteiger partial charge in [0.25, 0.3) is 0 Å². The van der Waals surface area contributed by atoms with E-state index in [1.165, 1.54) is 22.3 Å². The van der Waals surface area contributed by atoms with E-state index in [4.69, 9.17) is 0 Å². The monoisotopic (exact) mass is 412 g/mol. The van der Waals surface area contributed by atoms with Crippen molar-refractivity contribution in [3.8, 4) is 0 Å². The van der Waals surface area contributed by atoms with Crippen LogP contribution in [0.15, 0.2) is 133 Å². The van der Waals surface area contributed by atoms with Gasteiger partial charge < -0.3 is 0 Å². The summed E-state index contributed by atoms with van der Waals surface area (Å²) >= 11 is 0. The van der Waals surface area contributed by atoms with E-state index in [0.717, 1.165) is 0 Å². The molecule has 156 valence electrons. The molecule has 2 saturated carbocycles. The van der Waals surface area contributed by atoms with Gasteiger partial charge in [0.2, 0.25) is 0 Å². The second kappa shape index (κ2) is 8.28. The summed E-state index contributed by atoms with van der Waals surface area (Å²) < 4.78 is 0. The maximum atomic E-state index is 2.54. The Morgan fingerprint density at radius 1 is 0.312 bits per heavy atom. The maximum absolute atomic E-state index is 2.54. The maximum Gasteiger partial charge on any atom is -0.00182 e. The van der Waals surface area contributed by atoms with Crippen molar-refractivity contribution in [1.29, 1.82) is 0 Å². The Labute approximate surface area is 191 Å². The van der Waals surface area contributed by atoms with Crippen molar-refractivity contribution in [2.75, 3.05) is 0 Å². The smallest absolute Gasteiger partial charge is 0.00182 e. The van der Waals surface area contributed by atoms with E-state index in [0.29, 0.717) is 35.5 Å². The van der Waals surface area contributed by atoms with Crippen LogP contribution in [0.4, 0.5) is 0 Å². The zero-order valence-electron chi connectivity index (χ0n) is 18.2. The number of allylic oxidation sites excluding steroid dienone is 2. The van der Waals surface area contributed by atoms with Crippen LogP contribution in [0.3, 0.4) is 0 Å². The Balaban J connectivity index is 1.29. The Kier molecular flexibility index (Phi) is 5.00. The van der Waals surface area contributed by atoms with Crippen molar-refractivity contribution >= 4 is 0 Å². The first-order valence-electron chi connectivity index (χ1n) is 11.8. The Morgan fingerprint density at radius 2 is 0.531 bits per heavy atom. The van der Waals surface area contributed by atoms with Crippen molar-refractivity contribution in [3.63, 3.8) is 0 Å². The van der Waals surface area contributed by atoms with Crippen LogP contribution in [-0.4, -0.2) is 0 Å². The molecule has 0 heterocycles. The lowest BCUT2D eigenvalue weighted by Gasteiger charge is -2.00. The van der Waals surface area contributed by atoms with Gasteiger partial charge in [-0.2, -0.15) is 0 Å². The molecule has 0 N–H and O–H groups in total. The lowest BCUT2D eigenvalue weighted by molar-refractivity contribution is 0.948. The normalized spacial score (nSPS) is 28.5. The summed E-state index contributed by atoms with van der Waals surface area (Å²) in [6.07, 6.45) is 5.08. The second-order valence-corrected chi connectivity index (χ2v) is 9.29. The predicted molar refractivity (Wildman–Crippen MR) is 133 cm³/mol. The lowest BCUT2D eigenvalue weighted by Crippen LogP contribution is -1.82. The minimum Gasteiger partial charge on any atom is -0.0838 e. The van der Waals surface area contributed by atoms with Crippen molar-refractivity contribution in [3.05, 3.63) is 156 Å². The van der Waals surface area contributed by atoms with Gasteiger partial charge in [-0.1, -0.05) is 133 Å². The van der Waals surface area contributed by atoms with E-state index < -0.39 is 0 Å². The molecule has 2 aliphatic carbocycles. The summed E-state index contributed by atoms with van der Waals surface area (Å²) in [5, 5.41) is 0. The van der Waals surface area contributed by atoms with Crippen LogP contribution in [0.2, 0.25) is 0 Å². The van der Waals surface area contributed by atoms with Crippen LogP contribution >= 0.6 is 0 Å². The zero-order chi connectivity index (χ0) is 21.3. The Hall–Kier alpha value is -3.38. The molecule has 0 aliphatic heterocycles. The fourth-order valence-electron chi connectivity index (χ4n) is 5.82. The molecule has 6 atom stereocenters. The van der Waals surface area contributed by atoms with E-state index in [1.807, 2.05) is 0 Å². The number of benzene rings is 4. The molecular weight excluding hydrogens is 384 g/mol. The van der Waals surface area contributed by atoms with Gasteiger partial charge >= 0.3 is 0 Å². The third kappa shape index (κ3) is 3.60. The fourth-order valence-corrected chi connectivity index (χ4v) is 5.82. The molecule has 2 aliphatic rings. The molecule has 0 amide bonds. The van der Waals surface area contributed by atoms with Gasteiger partial charge in [0, 0.05) is 0 Å². The highest BCUT2D eigenvalue weighted by atomic mass is 14.6. The number of hydrogen-bond acceptors (Lipinski definition) is 0. The Bertz CT molecular complexity index is 990. The number of hydrogen-bond donors (Lipinski definition) is 0. The Morgan fingerprint density at radius 3 is 0.750 bits per heavy atom. The van der Waals surface area contributed by atoms with Crippen LogP contribution < -0.4 is 0 Å². The quantitative estimate of drug-likeness (QED) is 0.282. The van der Waals surface area contributed by atoms with Gasteiger partial charge in [0.1, 0.15) is 0 Å². The molecule has 4 aromatic rings. The predicted octanol–water partition coefficient (Wildman–Crippen LogP) is 7.94. The van der Waals surface area contributed by atoms with Gasteiger partial charge in [0.15, 0.2) is 0 Å². The first-order valence-corrected chi connectivity index (χ1v) is 11.8. The van der Waals surface area contributed by atoms with E-state index in [1.54, 1.807) is 0 Å². The number of rotatable bonds is 6. The molecule has 4 aromatic carbocycles. The third-order valence-corrected chi connectivity index (χ3v) is 7.44. The SMILES string of the molecule is C(=C\C1[C@@H](c2ccccc2)[C@H]1c1ccccc1)/C1[C@@H](c2ccccc2)[C@H]1c1ccccc1. The van der Waals surface area contributed by atoms with Crippen LogP contribution in [-0.2, 0) is 0 Å². The van der Waals surface area contributed by atoms with Gasteiger partial charge in [-0.05, 0) is 57.8 Å². The third-order valence-electron chi connectivity index (χ3n) is 7.44. The molecule has 0 saturated heterocycles. The van der Waals surface area contributed by atoms with E-state index >= 15 is 0 Å². The van der Waals surface area contributed by atoms with E-state index in [2.05, 4.69) is 133 Å². The molecule has 6 rings (SSSR count). The van der Waals surface area contributed by atoms with Crippen LogP contribution in [0.25, 0.3) is 0 Å². The summed E-state index contributed by atoms with van der Waals surface area (Å²) in [6, 6.07) is 44.2. The second-order valence-electron chi connectivity index (χ2n) is 9.29. The molecule has 0 nitrogen and oxygen atoms in total. The average Bonchev–Trinajstić information content (AvgIpc) is 3.78. The molecule has 0 heteroatoms. The summed E-state index contributed by atoms with van der Waals surface area (Å²) in [7, 11) is 0. The van der Waals surface area contributed by atoms with Crippen molar-refractivity contribution in [2.45, 2.75) is 23.7 Å². The summed E-state index contributed by atoms with van der Waals surface area (Å²) in [4.78, 5) is 0. The molecule has 2 unspecified atom stereocenters. The van der Waals surface area contributed by atoms with E-state index in [-0.39, 0.29) is 0 Å². The van der Waals surface area contributed by atoms with Crippen molar-refractivity contribution < 1.29 is 0 Å². The highest BCUT2D eigenvalue weighted by Gasteiger charge is 2.53. The molecule has 0 spiro atoms. The lowest BCUT2D eigenvalue weighted by atomic mass is 10.0. The highest BCUT2D eigenvalue weighted by Crippen LogP contribution is 2.64. The van der Waals surface area contributed by atoms with E-state index in [9.17, 15) is 0 Å². The van der Waals surface area contributed by atoms with Gasteiger partial charge in [0.05, 0.1) is 0 Å². The van der Waals surface area contributed by atoms with Crippen LogP contribution in [0, 0.1) is 11.8 Å². The molecule has 0 aromatic heterocycles. The first-order chi connectivity index (χ1) is 15.9. The summed E-state index contributed by atoms with van der Waals surface area (Å²) in [6.45, 7) is 0.